The minimum absolute atomic E-state index is 0.0901. The van der Waals surface area contributed by atoms with Crippen LogP contribution in [0.5, 0.6) is 0 Å². The van der Waals surface area contributed by atoms with E-state index < -0.39 is 29.7 Å². The fourth-order valence-electron chi connectivity index (χ4n) is 7.41. The number of amides is 4. The van der Waals surface area contributed by atoms with Gasteiger partial charge in [-0.05, 0) is 99.6 Å². The Balaban J connectivity index is 0.851. The van der Waals surface area contributed by atoms with E-state index >= 15 is 0 Å². The maximum Gasteiger partial charge on any atom is 0.262 e. The van der Waals surface area contributed by atoms with Gasteiger partial charge in [0.2, 0.25) is 17.8 Å². The van der Waals surface area contributed by atoms with Gasteiger partial charge in [0.05, 0.1) is 35.9 Å². The Kier molecular flexibility index (Phi) is 11.2. The second kappa shape index (κ2) is 16.7. The Hall–Kier alpha value is -6.40. The molecule has 6 N–H and O–H groups in total. The fourth-order valence-corrected chi connectivity index (χ4v) is 7.41. The summed E-state index contributed by atoms with van der Waals surface area (Å²) in [4.78, 5) is 70.3. The van der Waals surface area contributed by atoms with E-state index in [2.05, 4.69) is 66.1 Å². The van der Waals surface area contributed by atoms with Crippen LogP contribution in [0.25, 0.3) is 16.6 Å². The van der Waals surface area contributed by atoms with Crippen molar-refractivity contribution in [3.05, 3.63) is 83.3 Å². The van der Waals surface area contributed by atoms with Gasteiger partial charge in [0.1, 0.15) is 11.7 Å². The molecule has 1 unspecified atom stereocenters. The topological polar surface area (TPSA) is 215 Å². The summed E-state index contributed by atoms with van der Waals surface area (Å²) < 4.78 is 0. The van der Waals surface area contributed by atoms with E-state index in [4.69, 9.17) is 16.0 Å². The normalized spacial score (nSPS) is 18.2. The summed E-state index contributed by atoms with van der Waals surface area (Å²) in [6.45, 7) is 4.19. The Labute approximate surface area is 318 Å². The van der Waals surface area contributed by atoms with Gasteiger partial charge in [0, 0.05) is 53.9 Å². The highest BCUT2D eigenvalue weighted by atomic mass is 16.2. The number of unbranched alkanes of at least 4 members (excludes halogenated alkanes) is 1. The molecule has 15 heteroatoms. The molecule has 0 saturated carbocycles. The first-order chi connectivity index (χ1) is 26.8. The first-order valence-electron chi connectivity index (χ1n) is 18.7. The predicted molar refractivity (Wildman–Crippen MR) is 209 cm³/mol. The van der Waals surface area contributed by atoms with Crippen molar-refractivity contribution in [3.8, 4) is 6.07 Å². The molecule has 3 aliphatic heterocycles. The third-order valence-electron chi connectivity index (χ3n) is 10.3. The number of piperidine rings is 2. The van der Waals surface area contributed by atoms with Crippen molar-refractivity contribution < 1.29 is 19.2 Å². The molecule has 0 aliphatic carbocycles. The molecule has 2 aromatic heterocycles. The van der Waals surface area contributed by atoms with Gasteiger partial charge in [0.15, 0.2) is 0 Å². The molecule has 15 nitrogen and oxygen atoms in total. The zero-order chi connectivity index (χ0) is 38.3. The zero-order valence-electron chi connectivity index (χ0n) is 30.4. The molecule has 0 spiro atoms. The number of aromatic nitrogens is 3. The van der Waals surface area contributed by atoms with Crippen LogP contribution < -0.4 is 21.7 Å². The lowest BCUT2D eigenvalue weighted by Crippen LogP contribution is -2.54. The summed E-state index contributed by atoms with van der Waals surface area (Å²) in [6.07, 6.45) is 9.60. The number of hydrogen-bond donors (Lipinski definition) is 5. The number of rotatable bonds is 14. The van der Waals surface area contributed by atoms with E-state index in [-0.39, 0.29) is 24.0 Å². The Bertz CT molecular complexity index is 2200. The molecular weight excluding hydrogens is 699 g/mol. The number of aromatic amines is 1. The molecule has 55 heavy (non-hydrogen) atoms. The van der Waals surface area contributed by atoms with Crippen LogP contribution in [0.4, 0.5) is 17.3 Å². The van der Waals surface area contributed by atoms with Crippen molar-refractivity contribution in [2.45, 2.75) is 56.9 Å². The maximum atomic E-state index is 13.1. The smallest absolute Gasteiger partial charge is 0.262 e. The summed E-state index contributed by atoms with van der Waals surface area (Å²) in [5.74, 6) is -1.09. The van der Waals surface area contributed by atoms with Crippen LogP contribution >= 0.6 is 0 Å². The molecule has 4 aromatic rings. The van der Waals surface area contributed by atoms with Gasteiger partial charge in [-0.2, -0.15) is 10.2 Å². The number of nitriles is 1. The monoisotopic (exact) mass is 741 g/mol. The molecule has 282 valence electrons. The van der Waals surface area contributed by atoms with Crippen molar-refractivity contribution >= 4 is 63.8 Å². The first-order valence-corrected chi connectivity index (χ1v) is 18.7. The van der Waals surface area contributed by atoms with Gasteiger partial charge in [-0.1, -0.05) is 12.1 Å². The van der Waals surface area contributed by atoms with Crippen molar-refractivity contribution in [2.75, 3.05) is 43.4 Å². The lowest BCUT2D eigenvalue weighted by molar-refractivity contribution is -0.136. The second-order valence-corrected chi connectivity index (χ2v) is 13.9. The SMILES string of the molecule is N#CCCN=C/C(=C\N)c1nc(Nc2ccc(C3CCN(CCCCNc4ccc5c(c4)C(=O)N(C4CCC(=O)NC4=O)C5=O)CC3)cc2)nc2[nH]ccc12. The third-order valence-corrected chi connectivity index (χ3v) is 10.3. The van der Waals surface area contributed by atoms with E-state index in [1.165, 1.54) is 11.8 Å². The molecule has 0 radical (unpaired) electrons. The fraction of sp³-hybridized carbons (Fsp3) is 0.350. The number of aliphatic imine (C=N–C) groups is 1. The summed E-state index contributed by atoms with van der Waals surface area (Å²) >= 11 is 0. The van der Waals surface area contributed by atoms with Crippen molar-refractivity contribution in [1.82, 2.24) is 30.1 Å². The van der Waals surface area contributed by atoms with Crippen LogP contribution in [-0.4, -0.2) is 93.4 Å². The van der Waals surface area contributed by atoms with Crippen LogP contribution in [-0.2, 0) is 9.59 Å². The van der Waals surface area contributed by atoms with Gasteiger partial charge < -0.3 is 26.3 Å². The number of carbonyl (C=O) groups is 4. The summed E-state index contributed by atoms with van der Waals surface area (Å²) in [5.41, 5.74) is 11.4. The number of likely N-dealkylation sites (tertiary alicyclic amines) is 1. The number of hydrogen-bond acceptors (Lipinski definition) is 12. The van der Waals surface area contributed by atoms with Crippen LogP contribution in [0.2, 0.25) is 0 Å². The minimum Gasteiger partial charge on any atom is -0.404 e. The van der Waals surface area contributed by atoms with Gasteiger partial charge in [0.25, 0.3) is 11.8 Å². The highest BCUT2D eigenvalue weighted by Gasteiger charge is 2.44. The molecule has 7 rings (SSSR count). The number of fused-ring (bicyclic) bond motifs is 2. The number of anilines is 3. The van der Waals surface area contributed by atoms with Crippen LogP contribution in [0.15, 0.2) is 65.9 Å². The summed E-state index contributed by atoms with van der Waals surface area (Å²) in [7, 11) is 0. The average Bonchev–Trinajstić information content (AvgIpc) is 3.77. The molecule has 1 atom stereocenters. The van der Waals surface area contributed by atoms with Crippen molar-refractivity contribution in [3.63, 3.8) is 0 Å². The van der Waals surface area contributed by atoms with E-state index in [9.17, 15) is 19.2 Å². The highest BCUT2D eigenvalue weighted by Crippen LogP contribution is 2.31. The maximum absolute atomic E-state index is 13.1. The molecular formula is C40H43N11O4. The highest BCUT2D eigenvalue weighted by molar-refractivity contribution is 6.23. The number of allylic oxidation sites excluding steroid dienone is 1. The number of imide groups is 2. The molecule has 5 heterocycles. The van der Waals surface area contributed by atoms with E-state index in [0.29, 0.717) is 41.7 Å². The van der Waals surface area contributed by atoms with Gasteiger partial charge in [-0.25, -0.2) is 4.98 Å². The number of nitrogens with one attached hydrogen (secondary N) is 4. The Morgan fingerprint density at radius 3 is 2.53 bits per heavy atom. The zero-order valence-corrected chi connectivity index (χ0v) is 30.4. The third kappa shape index (κ3) is 8.24. The number of H-pyrrole nitrogens is 1. The van der Waals surface area contributed by atoms with Crippen molar-refractivity contribution in [2.24, 2.45) is 10.7 Å². The van der Waals surface area contributed by atoms with E-state index in [0.717, 1.165) is 73.5 Å². The summed E-state index contributed by atoms with van der Waals surface area (Å²) in [5, 5.41) is 18.6. The Morgan fingerprint density at radius 1 is 0.982 bits per heavy atom. The molecule has 4 amide bonds. The number of nitrogens with zero attached hydrogens (tertiary/aromatic N) is 6. The quantitative estimate of drug-likeness (QED) is 0.0691. The number of carbonyl (C=O) groups excluding carboxylic acids is 4. The Morgan fingerprint density at radius 2 is 1.76 bits per heavy atom. The molecule has 0 bridgehead atoms. The molecule has 2 saturated heterocycles. The van der Waals surface area contributed by atoms with Crippen LogP contribution in [0.3, 0.4) is 0 Å². The van der Waals surface area contributed by atoms with E-state index in [1.54, 1.807) is 30.6 Å². The first kappa shape index (κ1) is 36.9. The lowest BCUT2D eigenvalue weighted by Gasteiger charge is -2.32. The molecule has 3 aliphatic rings. The molecule has 2 aromatic carbocycles. The van der Waals surface area contributed by atoms with E-state index in [1.807, 2.05) is 6.07 Å². The van der Waals surface area contributed by atoms with Gasteiger partial charge in [-0.3, -0.25) is 34.4 Å². The average molecular weight is 742 g/mol. The van der Waals surface area contributed by atoms with Gasteiger partial charge >= 0.3 is 0 Å². The minimum atomic E-state index is -0.972. The standard InChI is InChI=1S/C40H43N11O4/c41-15-3-16-43-24-27(23-42)35-31-12-18-45-36(31)49-40(48-35)46-28-6-4-25(5-7-28)26-13-20-50(21-14-26)19-2-1-17-44-29-8-9-30-32(22-29)39(55)51(38(30)54)33-10-11-34(52)47-37(33)53/h4-9,12,18,22-24,26,33,44H,1-3,10-11,13-14,16-17,19-21,42H2,(H,47,52,53)(H2,45,46,48,49)/b27-23+,43-24?. The van der Waals surface area contributed by atoms with Crippen LogP contribution in [0, 0.1) is 11.3 Å². The summed E-state index contributed by atoms with van der Waals surface area (Å²) in [6, 6.07) is 16.6. The predicted octanol–water partition coefficient (Wildman–Crippen LogP) is 4.46. The number of nitrogens with two attached hydrogens (primary N) is 1. The van der Waals surface area contributed by atoms with Crippen molar-refractivity contribution in [1.29, 1.82) is 5.26 Å². The largest absolute Gasteiger partial charge is 0.404 e. The lowest BCUT2D eigenvalue weighted by atomic mass is 9.89. The number of benzene rings is 2. The molecule has 2 fully saturated rings. The van der Waals surface area contributed by atoms with Crippen LogP contribution in [0.1, 0.15) is 82.8 Å². The second-order valence-electron chi connectivity index (χ2n) is 13.9. The van der Waals surface area contributed by atoms with Gasteiger partial charge in [-0.15, -0.1) is 0 Å².